The molecule has 0 aliphatic carbocycles. The van der Waals surface area contributed by atoms with Gasteiger partial charge in [-0.05, 0) is 16.7 Å². The molecule has 0 saturated heterocycles. The molecule has 28 heavy (non-hydrogen) atoms. The zero-order valence-corrected chi connectivity index (χ0v) is 16.0. The first-order valence-electron chi connectivity index (χ1n) is 8.93. The summed E-state index contributed by atoms with van der Waals surface area (Å²) >= 11 is 1.51. The van der Waals surface area contributed by atoms with Gasteiger partial charge in [0.2, 0.25) is 0 Å². The number of hydrogen-bond donors (Lipinski definition) is 1. The van der Waals surface area contributed by atoms with Gasteiger partial charge < -0.3 is 5.32 Å². The number of amides is 1. The first-order chi connectivity index (χ1) is 13.8. The van der Waals surface area contributed by atoms with E-state index in [0.29, 0.717) is 18.8 Å². The number of thiazole rings is 1. The van der Waals surface area contributed by atoms with Gasteiger partial charge in [-0.1, -0.05) is 54.6 Å². The molecule has 0 spiro atoms. The number of nitrogens with one attached hydrogen (secondary N) is 1. The fourth-order valence-electron chi connectivity index (χ4n) is 2.88. The van der Waals surface area contributed by atoms with Crippen molar-refractivity contribution in [3.8, 4) is 0 Å². The minimum atomic E-state index is -0.155. The van der Waals surface area contributed by atoms with Crippen LogP contribution in [0.3, 0.4) is 0 Å². The molecular weight excluding hydrogens is 370 g/mol. The van der Waals surface area contributed by atoms with Crippen LogP contribution in [0.2, 0.25) is 0 Å². The van der Waals surface area contributed by atoms with Crippen LogP contribution >= 0.6 is 11.3 Å². The molecule has 0 unspecified atom stereocenters. The van der Waals surface area contributed by atoms with Gasteiger partial charge in [0.05, 0.1) is 11.6 Å². The zero-order chi connectivity index (χ0) is 19.2. The van der Waals surface area contributed by atoms with E-state index in [4.69, 9.17) is 0 Å². The van der Waals surface area contributed by atoms with Crippen LogP contribution in [0.15, 0.2) is 72.6 Å². The predicted molar refractivity (Wildman–Crippen MR) is 108 cm³/mol. The van der Waals surface area contributed by atoms with Crippen molar-refractivity contribution >= 4 is 17.2 Å². The summed E-state index contributed by atoms with van der Waals surface area (Å²) in [7, 11) is 0. The Kier molecular flexibility index (Phi) is 5.53. The van der Waals surface area contributed by atoms with Crippen LogP contribution in [0, 0.1) is 0 Å². The Morgan fingerprint density at radius 2 is 1.86 bits per heavy atom. The molecular formula is C21H19N5OS. The standard InChI is InChI=1S/C21H19N5OS/c27-21(19-13-28-20(25-19)10-16-5-2-1-3-6-16)23-11-17-7-4-8-18(9-17)12-26-15-22-14-24-26/h1-9,13-15H,10-12H2,(H,23,27). The lowest BCUT2D eigenvalue weighted by Gasteiger charge is -2.06. The second kappa shape index (κ2) is 8.58. The van der Waals surface area contributed by atoms with E-state index < -0.39 is 0 Å². The van der Waals surface area contributed by atoms with Crippen molar-refractivity contribution in [3.63, 3.8) is 0 Å². The lowest BCUT2D eigenvalue weighted by atomic mass is 10.1. The lowest BCUT2D eigenvalue weighted by molar-refractivity contribution is 0.0946. The van der Waals surface area contributed by atoms with E-state index in [9.17, 15) is 4.79 Å². The third kappa shape index (κ3) is 4.69. The van der Waals surface area contributed by atoms with Crippen molar-refractivity contribution in [3.05, 3.63) is 100 Å². The zero-order valence-electron chi connectivity index (χ0n) is 15.2. The molecule has 140 valence electrons. The highest BCUT2D eigenvalue weighted by Crippen LogP contribution is 2.15. The molecule has 0 aliphatic rings. The van der Waals surface area contributed by atoms with Gasteiger partial charge in [-0.3, -0.25) is 4.79 Å². The number of carbonyl (C=O) groups is 1. The quantitative estimate of drug-likeness (QED) is 0.526. The van der Waals surface area contributed by atoms with Crippen LogP contribution in [0.1, 0.15) is 32.2 Å². The second-order valence-electron chi connectivity index (χ2n) is 6.38. The Morgan fingerprint density at radius 3 is 2.68 bits per heavy atom. The molecule has 1 N–H and O–H groups in total. The largest absolute Gasteiger partial charge is 0.347 e. The first-order valence-corrected chi connectivity index (χ1v) is 9.81. The minimum Gasteiger partial charge on any atom is -0.347 e. The van der Waals surface area contributed by atoms with E-state index in [-0.39, 0.29) is 5.91 Å². The van der Waals surface area contributed by atoms with Crippen LogP contribution in [-0.4, -0.2) is 25.7 Å². The summed E-state index contributed by atoms with van der Waals surface area (Å²) in [6, 6.07) is 18.2. The number of hydrogen-bond acceptors (Lipinski definition) is 5. The molecule has 7 heteroatoms. The number of benzene rings is 2. The summed E-state index contributed by atoms with van der Waals surface area (Å²) in [5, 5.41) is 9.82. The van der Waals surface area contributed by atoms with Crippen LogP contribution in [-0.2, 0) is 19.5 Å². The summed E-state index contributed by atoms with van der Waals surface area (Å²) in [4.78, 5) is 20.9. The summed E-state index contributed by atoms with van der Waals surface area (Å²) in [6.45, 7) is 1.10. The van der Waals surface area contributed by atoms with E-state index in [1.54, 1.807) is 11.0 Å². The summed E-state index contributed by atoms with van der Waals surface area (Å²) in [6.07, 6.45) is 3.94. The summed E-state index contributed by atoms with van der Waals surface area (Å²) < 4.78 is 1.77. The smallest absolute Gasteiger partial charge is 0.271 e. The van der Waals surface area contributed by atoms with Crippen molar-refractivity contribution in [2.75, 3.05) is 0 Å². The Bertz CT molecular complexity index is 1040. The summed E-state index contributed by atoms with van der Waals surface area (Å²) in [5.41, 5.74) is 3.80. The van der Waals surface area contributed by atoms with Crippen molar-refractivity contribution < 1.29 is 4.79 Å². The fourth-order valence-corrected chi connectivity index (χ4v) is 3.69. The first kappa shape index (κ1) is 18.1. The van der Waals surface area contributed by atoms with Crippen LogP contribution in [0.5, 0.6) is 0 Å². The molecule has 4 aromatic rings. The maximum atomic E-state index is 12.4. The maximum absolute atomic E-state index is 12.4. The highest BCUT2D eigenvalue weighted by Gasteiger charge is 2.11. The number of rotatable bonds is 7. The Labute approximate surface area is 166 Å². The predicted octanol–water partition coefficient (Wildman–Crippen LogP) is 3.30. The molecule has 0 atom stereocenters. The number of nitrogens with zero attached hydrogens (tertiary/aromatic N) is 4. The molecule has 0 fully saturated rings. The molecule has 2 aromatic carbocycles. The Hall–Kier alpha value is -3.32. The van der Waals surface area contributed by atoms with Crippen molar-refractivity contribution in [2.45, 2.75) is 19.5 Å². The monoisotopic (exact) mass is 389 g/mol. The van der Waals surface area contributed by atoms with E-state index in [2.05, 4.69) is 38.6 Å². The normalized spacial score (nSPS) is 10.7. The molecule has 6 nitrogen and oxygen atoms in total. The van der Waals surface area contributed by atoms with Gasteiger partial charge in [0, 0.05) is 18.3 Å². The Balaban J connectivity index is 1.34. The van der Waals surface area contributed by atoms with Gasteiger partial charge in [-0.2, -0.15) is 5.10 Å². The van der Waals surface area contributed by atoms with Gasteiger partial charge >= 0.3 is 0 Å². The molecule has 4 rings (SSSR count). The molecule has 0 bridgehead atoms. The van der Waals surface area contributed by atoms with E-state index >= 15 is 0 Å². The number of carbonyl (C=O) groups excluding carboxylic acids is 1. The van der Waals surface area contributed by atoms with Gasteiger partial charge in [-0.25, -0.2) is 14.6 Å². The van der Waals surface area contributed by atoms with Crippen LogP contribution < -0.4 is 5.32 Å². The van der Waals surface area contributed by atoms with Gasteiger partial charge in [0.15, 0.2) is 0 Å². The minimum absolute atomic E-state index is 0.155. The summed E-state index contributed by atoms with van der Waals surface area (Å²) in [5.74, 6) is -0.155. The maximum Gasteiger partial charge on any atom is 0.271 e. The van der Waals surface area contributed by atoms with E-state index in [1.165, 1.54) is 23.2 Å². The lowest BCUT2D eigenvalue weighted by Crippen LogP contribution is -2.23. The van der Waals surface area contributed by atoms with Gasteiger partial charge in [0.1, 0.15) is 18.3 Å². The Morgan fingerprint density at radius 1 is 1.04 bits per heavy atom. The van der Waals surface area contributed by atoms with Crippen LogP contribution in [0.25, 0.3) is 0 Å². The average molecular weight is 389 g/mol. The third-order valence-electron chi connectivity index (χ3n) is 4.24. The van der Waals surface area contributed by atoms with Crippen molar-refractivity contribution in [1.82, 2.24) is 25.1 Å². The third-order valence-corrected chi connectivity index (χ3v) is 5.09. The van der Waals surface area contributed by atoms with E-state index in [1.807, 2.05) is 41.8 Å². The molecule has 1 amide bonds. The van der Waals surface area contributed by atoms with Crippen molar-refractivity contribution in [2.24, 2.45) is 0 Å². The number of aromatic nitrogens is 4. The fraction of sp³-hybridized carbons (Fsp3) is 0.143. The molecule has 0 saturated carbocycles. The molecule has 0 radical (unpaired) electrons. The molecule has 2 aromatic heterocycles. The highest BCUT2D eigenvalue weighted by molar-refractivity contribution is 7.09. The SMILES string of the molecule is O=C(NCc1cccc(Cn2cncn2)c1)c1csc(Cc2ccccc2)n1. The van der Waals surface area contributed by atoms with Crippen molar-refractivity contribution in [1.29, 1.82) is 0 Å². The highest BCUT2D eigenvalue weighted by atomic mass is 32.1. The second-order valence-corrected chi connectivity index (χ2v) is 7.33. The molecule has 2 heterocycles. The topological polar surface area (TPSA) is 72.7 Å². The van der Waals surface area contributed by atoms with Crippen LogP contribution in [0.4, 0.5) is 0 Å². The van der Waals surface area contributed by atoms with Gasteiger partial charge in [-0.15, -0.1) is 11.3 Å². The van der Waals surface area contributed by atoms with E-state index in [0.717, 1.165) is 22.6 Å². The average Bonchev–Trinajstić information content (AvgIpc) is 3.39. The van der Waals surface area contributed by atoms with Gasteiger partial charge in [0.25, 0.3) is 5.91 Å². The molecule has 0 aliphatic heterocycles.